The maximum atomic E-state index is 14.1. The number of ether oxygens (including phenoxy) is 1. The van der Waals surface area contributed by atoms with Gasteiger partial charge < -0.3 is 4.74 Å². The van der Waals surface area contributed by atoms with Crippen molar-refractivity contribution < 1.29 is 31.5 Å². The zero-order chi connectivity index (χ0) is 21.3. The Morgan fingerprint density at radius 1 is 1.34 bits per heavy atom. The van der Waals surface area contributed by atoms with Gasteiger partial charge in [-0.25, -0.2) is 18.0 Å². The molecule has 3 rings (SSSR count). The topological polar surface area (TPSA) is 42.4 Å². The Morgan fingerprint density at radius 3 is 2.69 bits per heavy atom. The molecule has 154 valence electrons. The summed E-state index contributed by atoms with van der Waals surface area (Å²) in [5.74, 6) is -4.37. The largest absolute Gasteiger partial charge is 0.447 e. The molecule has 0 bridgehead atoms. The minimum atomic E-state index is -3.31. The standard InChI is InChI=1S/C20H17F5N2O2/c1-3-14-10-29-19(28)27(14)9-13-6-12(8-26-17(13)20(2,24)25)11-4-5-16(21)15(7-11)18(22)23/h3-8,14,18H,1,9-10H2,2H3/t14-/m0/s1. The first kappa shape index (κ1) is 20.8. The maximum absolute atomic E-state index is 14.1. The number of hydrogen-bond donors (Lipinski definition) is 0. The Labute approximate surface area is 163 Å². The molecule has 0 radical (unpaired) electrons. The van der Waals surface area contributed by atoms with Crippen molar-refractivity contribution in [2.75, 3.05) is 6.61 Å². The lowest BCUT2D eigenvalue weighted by Gasteiger charge is -2.22. The Hall–Kier alpha value is -2.97. The number of halogens is 5. The van der Waals surface area contributed by atoms with Gasteiger partial charge in [0.25, 0.3) is 12.3 Å². The zero-order valence-corrected chi connectivity index (χ0v) is 15.3. The van der Waals surface area contributed by atoms with E-state index in [4.69, 9.17) is 4.74 Å². The summed E-state index contributed by atoms with van der Waals surface area (Å²) in [6, 6.07) is 3.91. The van der Waals surface area contributed by atoms with Crippen LogP contribution < -0.4 is 0 Å². The van der Waals surface area contributed by atoms with Crippen LogP contribution in [0.15, 0.2) is 43.1 Å². The molecule has 1 aliphatic rings. The van der Waals surface area contributed by atoms with E-state index in [-0.39, 0.29) is 29.8 Å². The molecule has 2 aromatic rings. The Morgan fingerprint density at radius 2 is 2.07 bits per heavy atom. The molecule has 0 N–H and O–H groups in total. The monoisotopic (exact) mass is 412 g/mol. The van der Waals surface area contributed by atoms with Crippen LogP contribution in [0.3, 0.4) is 0 Å². The third kappa shape index (κ3) is 4.23. The highest BCUT2D eigenvalue weighted by atomic mass is 19.3. The lowest BCUT2D eigenvalue weighted by molar-refractivity contribution is 0.0111. The molecule has 0 saturated carbocycles. The quantitative estimate of drug-likeness (QED) is 0.469. The number of pyridine rings is 1. The molecule has 0 unspecified atom stereocenters. The molecular weight excluding hydrogens is 395 g/mol. The Balaban J connectivity index is 2.06. The van der Waals surface area contributed by atoms with Crippen molar-refractivity contribution in [3.8, 4) is 11.1 Å². The fourth-order valence-electron chi connectivity index (χ4n) is 3.10. The summed E-state index contributed by atoms with van der Waals surface area (Å²) in [6.45, 7) is 4.07. The number of amides is 1. The van der Waals surface area contributed by atoms with Gasteiger partial charge in [0, 0.05) is 18.7 Å². The van der Waals surface area contributed by atoms with Gasteiger partial charge in [0.1, 0.15) is 18.1 Å². The van der Waals surface area contributed by atoms with Crippen LogP contribution in [0.4, 0.5) is 26.7 Å². The van der Waals surface area contributed by atoms with Gasteiger partial charge in [-0.1, -0.05) is 12.1 Å². The summed E-state index contributed by atoms with van der Waals surface area (Å²) in [7, 11) is 0. The first-order valence-electron chi connectivity index (χ1n) is 8.63. The fraction of sp³-hybridized carbons (Fsp3) is 0.300. The van der Waals surface area contributed by atoms with Crippen LogP contribution in [0.2, 0.25) is 0 Å². The van der Waals surface area contributed by atoms with E-state index >= 15 is 0 Å². The number of aromatic nitrogens is 1. The predicted molar refractivity (Wildman–Crippen MR) is 95.0 cm³/mol. The van der Waals surface area contributed by atoms with E-state index in [1.54, 1.807) is 0 Å². The third-order valence-electron chi connectivity index (χ3n) is 4.57. The van der Waals surface area contributed by atoms with E-state index in [9.17, 15) is 26.7 Å². The maximum Gasteiger partial charge on any atom is 0.410 e. The van der Waals surface area contributed by atoms with Crippen LogP contribution in [0, 0.1) is 5.82 Å². The van der Waals surface area contributed by atoms with E-state index in [0.717, 1.165) is 18.3 Å². The summed E-state index contributed by atoms with van der Waals surface area (Å²) in [5.41, 5.74) is -0.921. The number of hydrogen-bond acceptors (Lipinski definition) is 3. The summed E-state index contributed by atoms with van der Waals surface area (Å²) >= 11 is 0. The zero-order valence-electron chi connectivity index (χ0n) is 15.3. The molecule has 29 heavy (non-hydrogen) atoms. The van der Waals surface area contributed by atoms with Crippen molar-refractivity contribution in [1.82, 2.24) is 9.88 Å². The highest BCUT2D eigenvalue weighted by Gasteiger charge is 2.35. The smallest absolute Gasteiger partial charge is 0.410 e. The van der Waals surface area contributed by atoms with Gasteiger partial charge in [-0.2, -0.15) is 8.78 Å². The van der Waals surface area contributed by atoms with Crippen molar-refractivity contribution in [3.05, 3.63) is 65.8 Å². The molecule has 1 atom stereocenters. The van der Waals surface area contributed by atoms with E-state index in [2.05, 4.69) is 11.6 Å². The summed E-state index contributed by atoms with van der Waals surface area (Å²) < 4.78 is 72.6. The van der Waals surface area contributed by atoms with Crippen molar-refractivity contribution in [3.63, 3.8) is 0 Å². The SMILES string of the molecule is C=C[C@H]1COC(=O)N1Cc1cc(-c2ccc(F)c(C(F)F)c2)cnc1C(C)(F)F. The molecule has 0 spiro atoms. The van der Waals surface area contributed by atoms with Gasteiger partial charge in [0.2, 0.25) is 0 Å². The van der Waals surface area contributed by atoms with Gasteiger partial charge in [0.05, 0.1) is 18.2 Å². The number of alkyl halides is 4. The average Bonchev–Trinajstić information content (AvgIpc) is 3.00. The average molecular weight is 412 g/mol. The number of carbonyl (C=O) groups is 1. The van der Waals surface area contributed by atoms with E-state index in [1.165, 1.54) is 23.1 Å². The number of carbonyl (C=O) groups excluding carboxylic acids is 1. The molecule has 1 aromatic heterocycles. The highest BCUT2D eigenvalue weighted by Crippen LogP contribution is 2.34. The van der Waals surface area contributed by atoms with Crippen LogP contribution in [-0.2, 0) is 17.2 Å². The van der Waals surface area contributed by atoms with Crippen LogP contribution in [0.5, 0.6) is 0 Å². The molecule has 1 amide bonds. The van der Waals surface area contributed by atoms with Crippen LogP contribution in [-0.4, -0.2) is 28.6 Å². The second-order valence-corrected chi connectivity index (χ2v) is 6.66. The van der Waals surface area contributed by atoms with E-state index < -0.39 is 41.6 Å². The van der Waals surface area contributed by atoms with Crippen LogP contribution >= 0.6 is 0 Å². The van der Waals surface area contributed by atoms with Gasteiger partial charge >= 0.3 is 6.09 Å². The van der Waals surface area contributed by atoms with E-state index in [0.29, 0.717) is 6.92 Å². The van der Waals surface area contributed by atoms with Gasteiger partial charge in [-0.3, -0.25) is 9.88 Å². The van der Waals surface area contributed by atoms with Crippen molar-refractivity contribution >= 4 is 6.09 Å². The minimum Gasteiger partial charge on any atom is -0.447 e. The second-order valence-electron chi connectivity index (χ2n) is 6.66. The lowest BCUT2D eigenvalue weighted by atomic mass is 10.00. The molecule has 1 aromatic carbocycles. The molecule has 1 aliphatic heterocycles. The van der Waals surface area contributed by atoms with E-state index in [1.807, 2.05) is 0 Å². The first-order chi connectivity index (χ1) is 13.6. The molecule has 2 heterocycles. The first-order valence-corrected chi connectivity index (χ1v) is 8.63. The lowest BCUT2D eigenvalue weighted by Crippen LogP contribution is -2.32. The van der Waals surface area contributed by atoms with Gasteiger partial charge in [0.15, 0.2) is 0 Å². The summed E-state index contributed by atoms with van der Waals surface area (Å²) in [6.07, 6.45) is -1.16. The summed E-state index contributed by atoms with van der Waals surface area (Å²) in [4.78, 5) is 17.0. The molecular formula is C20H17F5N2O2. The van der Waals surface area contributed by atoms with Crippen molar-refractivity contribution in [1.29, 1.82) is 0 Å². The van der Waals surface area contributed by atoms with Gasteiger partial charge in [-0.15, -0.1) is 6.58 Å². The predicted octanol–water partition coefficient (Wildman–Crippen LogP) is 5.44. The molecule has 1 fully saturated rings. The Kier molecular flexibility index (Phi) is 5.59. The number of nitrogens with zero attached hydrogens (tertiary/aromatic N) is 2. The molecule has 1 saturated heterocycles. The normalized spacial score (nSPS) is 17.0. The van der Waals surface area contributed by atoms with Gasteiger partial charge in [-0.05, 0) is 29.3 Å². The van der Waals surface area contributed by atoms with Crippen LogP contribution in [0.1, 0.15) is 30.2 Å². The highest BCUT2D eigenvalue weighted by molar-refractivity contribution is 5.71. The number of benzene rings is 1. The third-order valence-corrected chi connectivity index (χ3v) is 4.57. The molecule has 0 aliphatic carbocycles. The van der Waals surface area contributed by atoms with Crippen molar-refractivity contribution in [2.24, 2.45) is 0 Å². The number of cyclic esters (lactones) is 1. The van der Waals surface area contributed by atoms with Crippen molar-refractivity contribution in [2.45, 2.75) is 31.9 Å². The van der Waals surface area contributed by atoms with Crippen LogP contribution in [0.25, 0.3) is 11.1 Å². The molecule has 4 nitrogen and oxygen atoms in total. The Bertz CT molecular complexity index is 943. The number of rotatable bonds is 6. The summed E-state index contributed by atoms with van der Waals surface area (Å²) in [5, 5.41) is 0. The minimum absolute atomic E-state index is 0.0172. The molecule has 9 heteroatoms. The fourth-order valence-corrected chi connectivity index (χ4v) is 3.10. The second kappa shape index (κ2) is 7.81.